The average Bonchev–Trinajstić information content (AvgIpc) is 2.72. The minimum atomic E-state index is 0.426. The molecular weight excluding hydrogens is 228 g/mol. The first kappa shape index (κ1) is 12.6. The maximum atomic E-state index is 5.75. The SMILES string of the molecule is COc1cc(C)c(-c2noc(C)c2CN)cc1C. The van der Waals surface area contributed by atoms with Crippen molar-refractivity contribution in [3.05, 3.63) is 34.6 Å². The number of benzene rings is 1. The number of ether oxygens (including phenoxy) is 1. The molecule has 96 valence electrons. The van der Waals surface area contributed by atoms with Crippen molar-refractivity contribution in [1.82, 2.24) is 5.16 Å². The number of aryl methyl sites for hydroxylation is 3. The van der Waals surface area contributed by atoms with Crippen LogP contribution in [0.1, 0.15) is 22.5 Å². The minimum absolute atomic E-state index is 0.426. The molecule has 0 unspecified atom stereocenters. The van der Waals surface area contributed by atoms with Gasteiger partial charge in [-0.05, 0) is 44.0 Å². The van der Waals surface area contributed by atoms with E-state index in [0.717, 1.165) is 39.5 Å². The fourth-order valence-corrected chi connectivity index (χ4v) is 2.11. The summed E-state index contributed by atoms with van der Waals surface area (Å²) >= 11 is 0. The number of aromatic nitrogens is 1. The van der Waals surface area contributed by atoms with Gasteiger partial charge in [0.1, 0.15) is 17.2 Å². The van der Waals surface area contributed by atoms with Crippen LogP contribution in [0.5, 0.6) is 5.75 Å². The summed E-state index contributed by atoms with van der Waals surface area (Å²) < 4.78 is 10.5. The Morgan fingerprint density at radius 1 is 1.22 bits per heavy atom. The zero-order chi connectivity index (χ0) is 13.3. The number of nitrogens with zero attached hydrogens (tertiary/aromatic N) is 1. The van der Waals surface area contributed by atoms with Gasteiger partial charge in [0.25, 0.3) is 0 Å². The summed E-state index contributed by atoms with van der Waals surface area (Å²) in [5.41, 5.74) is 10.8. The number of methoxy groups -OCH3 is 1. The fraction of sp³-hybridized carbons (Fsp3) is 0.357. The maximum absolute atomic E-state index is 5.75. The molecule has 0 bridgehead atoms. The van der Waals surface area contributed by atoms with Gasteiger partial charge in [0.05, 0.1) is 7.11 Å². The van der Waals surface area contributed by atoms with Crippen LogP contribution in [-0.2, 0) is 6.54 Å². The molecule has 0 radical (unpaired) electrons. The lowest BCUT2D eigenvalue weighted by Crippen LogP contribution is -2.00. The summed E-state index contributed by atoms with van der Waals surface area (Å²) in [5.74, 6) is 1.66. The smallest absolute Gasteiger partial charge is 0.138 e. The first-order valence-electron chi connectivity index (χ1n) is 5.89. The molecule has 0 spiro atoms. The van der Waals surface area contributed by atoms with Gasteiger partial charge >= 0.3 is 0 Å². The lowest BCUT2D eigenvalue weighted by molar-refractivity contribution is 0.398. The molecule has 0 saturated heterocycles. The van der Waals surface area contributed by atoms with E-state index in [1.54, 1.807) is 7.11 Å². The second-order valence-electron chi connectivity index (χ2n) is 4.41. The molecule has 0 aliphatic heterocycles. The third kappa shape index (κ3) is 1.99. The lowest BCUT2D eigenvalue weighted by atomic mass is 9.99. The van der Waals surface area contributed by atoms with Gasteiger partial charge in [-0.25, -0.2) is 0 Å². The zero-order valence-electron chi connectivity index (χ0n) is 11.2. The van der Waals surface area contributed by atoms with E-state index >= 15 is 0 Å². The van der Waals surface area contributed by atoms with Crippen LogP contribution in [-0.4, -0.2) is 12.3 Å². The molecule has 2 N–H and O–H groups in total. The highest BCUT2D eigenvalue weighted by Gasteiger charge is 2.16. The van der Waals surface area contributed by atoms with E-state index in [1.807, 2.05) is 26.8 Å². The standard InChI is InChI=1S/C14H18N2O2/c1-8-6-13(17-4)9(2)5-11(8)14-12(7-15)10(3)18-16-14/h5-6H,7,15H2,1-4H3. The molecule has 1 aromatic carbocycles. The van der Waals surface area contributed by atoms with E-state index in [4.69, 9.17) is 15.0 Å². The Hall–Kier alpha value is -1.81. The first-order valence-corrected chi connectivity index (χ1v) is 5.89. The van der Waals surface area contributed by atoms with Crippen LogP contribution in [0.15, 0.2) is 16.7 Å². The molecule has 1 aromatic heterocycles. The summed E-state index contributed by atoms with van der Waals surface area (Å²) in [5, 5.41) is 4.12. The van der Waals surface area contributed by atoms with Crippen molar-refractivity contribution in [3.8, 4) is 17.0 Å². The Kier molecular flexibility index (Phi) is 3.39. The van der Waals surface area contributed by atoms with E-state index in [2.05, 4.69) is 11.2 Å². The molecule has 0 atom stereocenters. The molecule has 1 heterocycles. The summed E-state index contributed by atoms with van der Waals surface area (Å²) in [6.45, 7) is 6.35. The maximum Gasteiger partial charge on any atom is 0.138 e. The second kappa shape index (κ2) is 4.82. The molecule has 0 amide bonds. The Bertz CT molecular complexity index is 573. The Morgan fingerprint density at radius 3 is 2.56 bits per heavy atom. The van der Waals surface area contributed by atoms with Gasteiger partial charge in [-0.3, -0.25) is 0 Å². The van der Waals surface area contributed by atoms with Gasteiger partial charge in [-0.15, -0.1) is 0 Å². The van der Waals surface area contributed by atoms with Crippen molar-refractivity contribution in [3.63, 3.8) is 0 Å². The van der Waals surface area contributed by atoms with Gasteiger partial charge < -0.3 is 15.0 Å². The molecule has 0 saturated carbocycles. The number of hydrogen-bond donors (Lipinski definition) is 1. The van der Waals surface area contributed by atoms with Gasteiger partial charge in [-0.2, -0.15) is 0 Å². The van der Waals surface area contributed by atoms with Crippen LogP contribution >= 0.6 is 0 Å². The number of hydrogen-bond acceptors (Lipinski definition) is 4. The second-order valence-corrected chi connectivity index (χ2v) is 4.41. The van der Waals surface area contributed by atoms with Crippen molar-refractivity contribution in [2.75, 3.05) is 7.11 Å². The first-order chi connectivity index (χ1) is 8.58. The molecule has 18 heavy (non-hydrogen) atoms. The Balaban J connectivity index is 2.60. The summed E-state index contributed by atoms with van der Waals surface area (Å²) in [4.78, 5) is 0. The van der Waals surface area contributed by atoms with Crippen molar-refractivity contribution in [2.45, 2.75) is 27.3 Å². The topological polar surface area (TPSA) is 61.3 Å². The molecule has 0 aliphatic rings. The highest BCUT2D eigenvalue weighted by atomic mass is 16.5. The highest BCUT2D eigenvalue weighted by molar-refractivity contribution is 5.69. The van der Waals surface area contributed by atoms with Crippen molar-refractivity contribution in [1.29, 1.82) is 0 Å². The fourth-order valence-electron chi connectivity index (χ4n) is 2.11. The van der Waals surface area contributed by atoms with Crippen LogP contribution < -0.4 is 10.5 Å². The molecule has 4 heteroatoms. The number of rotatable bonds is 3. The van der Waals surface area contributed by atoms with E-state index in [-0.39, 0.29) is 0 Å². The van der Waals surface area contributed by atoms with Crippen molar-refractivity contribution in [2.24, 2.45) is 5.73 Å². The summed E-state index contributed by atoms with van der Waals surface area (Å²) in [6, 6.07) is 4.07. The van der Waals surface area contributed by atoms with Crippen molar-refractivity contribution < 1.29 is 9.26 Å². The Labute approximate surface area is 107 Å². The normalized spacial score (nSPS) is 10.7. The summed E-state index contributed by atoms with van der Waals surface area (Å²) in [7, 11) is 1.67. The third-order valence-electron chi connectivity index (χ3n) is 3.19. The van der Waals surface area contributed by atoms with Crippen LogP contribution in [0.3, 0.4) is 0 Å². The van der Waals surface area contributed by atoms with E-state index in [9.17, 15) is 0 Å². The molecule has 2 rings (SSSR count). The Morgan fingerprint density at radius 2 is 1.94 bits per heavy atom. The van der Waals surface area contributed by atoms with Gasteiger partial charge in [0, 0.05) is 17.7 Å². The van der Waals surface area contributed by atoms with E-state index < -0.39 is 0 Å². The van der Waals surface area contributed by atoms with Gasteiger partial charge in [0.2, 0.25) is 0 Å². The highest BCUT2D eigenvalue weighted by Crippen LogP contribution is 2.32. The molecule has 2 aromatic rings. The summed E-state index contributed by atoms with van der Waals surface area (Å²) in [6.07, 6.45) is 0. The quantitative estimate of drug-likeness (QED) is 0.904. The van der Waals surface area contributed by atoms with Gasteiger partial charge in [-0.1, -0.05) is 5.16 Å². The minimum Gasteiger partial charge on any atom is -0.496 e. The monoisotopic (exact) mass is 246 g/mol. The van der Waals surface area contributed by atoms with Crippen LogP contribution in [0.4, 0.5) is 0 Å². The number of nitrogens with two attached hydrogens (primary N) is 1. The third-order valence-corrected chi connectivity index (χ3v) is 3.19. The zero-order valence-corrected chi connectivity index (χ0v) is 11.2. The predicted molar refractivity (Wildman–Crippen MR) is 70.6 cm³/mol. The molecule has 0 aliphatic carbocycles. The van der Waals surface area contributed by atoms with Crippen molar-refractivity contribution >= 4 is 0 Å². The molecule has 0 fully saturated rings. The average molecular weight is 246 g/mol. The van der Waals surface area contributed by atoms with Crippen LogP contribution in [0.25, 0.3) is 11.3 Å². The van der Waals surface area contributed by atoms with Gasteiger partial charge in [0.15, 0.2) is 0 Å². The molecule has 4 nitrogen and oxygen atoms in total. The van der Waals surface area contributed by atoms with Crippen LogP contribution in [0.2, 0.25) is 0 Å². The van der Waals surface area contributed by atoms with E-state index in [1.165, 1.54) is 0 Å². The van der Waals surface area contributed by atoms with E-state index in [0.29, 0.717) is 6.54 Å². The largest absolute Gasteiger partial charge is 0.496 e. The molecular formula is C14H18N2O2. The lowest BCUT2D eigenvalue weighted by Gasteiger charge is -2.10. The van der Waals surface area contributed by atoms with Crippen LogP contribution in [0, 0.1) is 20.8 Å². The predicted octanol–water partition coefficient (Wildman–Crippen LogP) is 2.73.